The first-order valence-corrected chi connectivity index (χ1v) is 5.25. The topological polar surface area (TPSA) is 22.1 Å². The number of nitrogens with zero attached hydrogens (tertiary/aromatic N) is 1. The Kier molecular flexibility index (Phi) is 2.78. The quantitative estimate of drug-likeness (QED) is 0.775. The van der Waals surface area contributed by atoms with Crippen LogP contribution in [0.2, 0.25) is 5.02 Å². The van der Waals surface area contributed by atoms with E-state index in [4.69, 9.17) is 16.3 Å². The number of aromatic nitrogens is 1. The molecule has 0 spiro atoms. The number of halogens is 1. The van der Waals surface area contributed by atoms with Gasteiger partial charge in [-0.15, -0.1) is 0 Å². The van der Waals surface area contributed by atoms with E-state index < -0.39 is 0 Å². The van der Waals surface area contributed by atoms with E-state index in [1.165, 1.54) is 0 Å². The van der Waals surface area contributed by atoms with Gasteiger partial charge in [0.1, 0.15) is 5.75 Å². The Balaban J connectivity index is 2.75. The maximum atomic E-state index is 6.10. The summed E-state index contributed by atoms with van der Waals surface area (Å²) in [5, 5.41) is 1.72. The fourth-order valence-electron chi connectivity index (χ4n) is 1.65. The second-order valence-electron chi connectivity index (χ2n) is 3.33. The van der Waals surface area contributed by atoms with E-state index in [9.17, 15) is 0 Å². The minimum atomic E-state index is 0.734. The van der Waals surface area contributed by atoms with Gasteiger partial charge in [0.05, 0.1) is 17.6 Å². The predicted molar refractivity (Wildman–Crippen MR) is 62.7 cm³/mol. The van der Waals surface area contributed by atoms with Crippen molar-refractivity contribution in [1.29, 1.82) is 0 Å². The molecule has 0 aliphatic heterocycles. The summed E-state index contributed by atoms with van der Waals surface area (Å²) >= 11 is 6.10. The number of pyridine rings is 1. The van der Waals surface area contributed by atoms with E-state index in [-0.39, 0.29) is 0 Å². The summed E-state index contributed by atoms with van der Waals surface area (Å²) in [7, 11) is 1.67. The van der Waals surface area contributed by atoms with Crippen LogP contribution in [0.3, 0.4) is 0 Å². The normalized spacial score (nSPS) is 10.6. The Bertz CT molecular complexity index is 496. The zero-order valence-electron chi connectivity index (χ0n) is 8.75. The molecule has 1 aromatic heterocycles. The van der Waals surface area contributed by atoms with Crippen LogP contribution >= 0.6 is 11.6 Å². The molecule has 1 heterocycles. The van der Waals surface area contributed by atoms with Gasteiger partial charge in [-0.2, -0.15) is 0 Å². The molecule has 0 amide bonds. The van der Waals surface area contributed by atoms with Crippen LogP contribution in [-0.4, -0.2) is 12.1 Å². The van der Waals surface area contributed by atoms with E-state index in [1.54, 1.807) is 19.4 Å². The van der Waals surface area contributed by atoms with Crippen molar-refractivity contribution in [3.8, 4) is 5.75 Å². The van der Waals surface area contributed by atoms with E-state index in [1.807, 2.05) is 12.1 Å². The third kappa shape index (κ3) is 1.77. The zero-order valence-corrected chi connectivity index (χ0v) is 9.51. The number of benzene rings is 1. The number of fused-ring (bicyclic) bond motifs is 1. The molecule has 1 aromatic carbocycles. The van der Waals surface area contributed by atoms with Crippen LogP contribution in [0, 0.1) is 0 Å². The molecule has 15 heavy (non-hydrogen) atoms. The van der Waals surface area contributed by atoms with Gasteiger partial charge in [0.25, 0.3) is 0 Å². The average molecular weight is 222 g/mol. The Labute approximate surface area is 93.8 Å². The lowest BCUT2D eigenvalue weighted by molar-refractivity contribution is 0.410. The minimum absolute atomic E-state index is 0.734. The van der Waals surface area contributed by atoms with Crippen molar-refractivity contribution in [2.24, 2.45) is 0 Å². The standard InChI is InChI=1S/C12H12ClNO/c1-3-8-6-9-10(13)4-5-14-11(9)7-12(8)15-2/h4-7H,3H2,1-2H3. The molecule has 0 radical (unpaired) electrons. The molecular weight excluding hydrogens is 210 g/mol. The summed E-state index contributed by atoms with van der Waals surface area (Å²) in [4.78, 5) is 4.26. The van der Waals surface area contributed by atoms with Gasteiger partial charge in [-0.05, 0) is 24.1 Å². The van der Waals surface area contributed by atoms with Crippen molar-refractivity contribution in [2.75, 3.05) is 7.11 Å². The van der Waals surface area contributed by atoms with Gasteiger partial charge in [-0.1, -0.05) is 18.5 Å². The number of methoxy groups -OCH3 is 1. The monoisotopic (exact) mass is 221 g/mol. The molecule has 78 valence electrons. The minimum Gasteiger partial charge on any atom is -0.496 e. The van der Waals surface area contributed by atoms with Gasteiger partial charge >= 0.3 is 0 Å². The van der Waals surface area contributed by atoms with Crippen LogP contribution in [0.4, 0.5) is 0 Å². The van der Waals surface area contributed by atoms with E-state index in [2.05, 4.69) is 11.9 Å². The molecule has 0 N–H and O–H groups in total. The first-order chi connectivity index (χ1) is 7.26. The van der Waals surface area contributed by atoms with Crippen molar-refractivity contribution in [3.63, 3.8) is 0 Å². The molecule has 2 aromatic rings. The van der Waals surface area contributed by atoms with Gasteiger partial charge in [-0.3, -0.25) is 4.98 Å². The summed E-state index contributed by atoms with van der Waals surface area (Å²) in [5.74, 6) is 0.875. The van der Waals surface area contributed by atoms with E-state index in [0.29, 0.717) is 0 Å². The lowest BCUT2D eigenvalue weighted by Gasteiger charge is -2.08. The van der Waals surface area contributed by atoms with Crippen LogP contribution in [0.5, 0.6) is 5.75 Å². The van der Waals surface area contributed by atoms with Crippen LogP contribution in [0.15, 0.2) is 24.4 Å². The number of hydrogen-bond donors (Lipinski definition) is 0. The van der Waals surface area contributed by atoms with Crippen LogP contribution in [-0.2, 0) is 6.42 Å². The van der Waals surface area contributed by atoms with Crippen LogP contribution in [0.25, 0.3) is 10.9 Å². The maximum absolute atomic E-state index is 6.10. The summed E-state index contributed by atoms with van der Waals surface area (Å²) in [6.45, 7) is 2.09. The molecule has 0 unspecified atom stereocenters. The Morgan fingerprint density at radius 2 is 2.20 bits per heavy atom. The SMILES string of the molecule is CCc1cc2c(Cl)ccnc2cc1OC. The lowest BCUT2D eigenvalue weighted by atomic mass is 10.1. The highest BCUT2D eigenvalue weighted by Gasteiger charge is 2.06. The lowest BCUT2D eigenvalue weighted by Crippen LogP contribution is -1.92. The van der Waals surface area contributed by atoms with Crippen molar-refractivity contribution >= 4 is 22.5 Å². The highest BCUT2D eigenvalue weighted by atomic mass is 35.5. The molecule has 0 fully saturated rings. The molecular formula is C12H12ClNO. The highest BCUT2D eigenvalue weighted by molar-refractivity contribution is 6.35. The second kappa shape index (κ2) is 4.07. The number of rotatable bonds is 2. The molecule has 0 bridgehead atoms. The van der Waals surface area contributed by atoms with Crippen molar-refractivity contribution in [3.05, 3.63) is 35.0 Å². The summed E-state index contributed by atoms with van der Waals surface area (Å²) in [6.07, 6.45) is 2.63. The Hall–Kier alpha value is -1.28. The second-order valence-corrected chi connectivity index (χ2v) is 3.73. The van der Waals surface area contributed by atoms with Crippen LogP contribution < -0.4 is 4.74 Å². The third-order valence-electron chi connectivity index (χ3n) is 2.47. The molecule has 2 nitrogen and oxygen atoms in total. The molecule has 0 atom stereocenters. The van der Waals surface area contributed by atoms with Gasteiger partial charge in [0, 0.05) is 17.6 Å². The Morgan fingerprint density at radius 3 is 2.87 bits per heavy atom. The Morgan fingerprint density at radius 1 is 1.40 bits per heavy atom. The third-order valence-corrected chi connectivity index (χ3v) is 2.80. The predicted octanol–water partition coefficient (Wildman–Crippen LogP) is 3.46. The van der Waals surface area contributed by atoms with Gasteiger partial charge in [-0.25, -0.2) is 0 Å². The molecule has 2 rings (SSSR count). The van der Waals surface area contributed by atoms with Gasteiger partial charge < -0.3 is 4.74 Å². The molecule has 3 heteroatoms. The molecule has 0 aliphatic carbocycles. The molecule has 0 saturated carbocycles. The first kappa shape index (κ1) is 10.2. The first-order valence-electron chi connectivity index (χ1n) is 4.87. The van der Waals surface area contributed by atoms with Crippen molar-refractivity contribution < 1.29 is 4.74 Å². The average Bonchev–Trinajstić information content (AvgIpc) is 2.28. The summed E-state index contributed by atoms with van der Waals surface area (Å²) in [6, 6.07) is 5.78. The highest BCUT2D eigenvalue weighted by Crippen LogP contribution is 2.29. The largest absolute Gasteiger partial charge is 0.496 e. The fourth-order valence-corrected chi connectivity index (χ4v) is 1.86. The smallest absolute Gasteiger partial charge is 0.124 e. The summed E-state index contributed by atoms with van der Waals surface area (Å²) in [5.41, 5.74) is 2.02. The fraction of sp³-hybridized carbons (Fsp3) is 0.250. The van der Waals surface area contributed by atoms with Crippen molar-refractivity contribution in [1.82, 2.24) is 4.98 Å². The number of hydrogen-bond acceptors (Lipinski definition) is 2. The number of ether oxygens (including phenoxy) is 1. The van der Waals surface area contributed by atoms with Crippen LogP contribution in [0.1, 0.15) is 12.5 Å². The summed E-state index contributed by atoms with van der Waals surface area (Å²) < 4.78 is 5.30. The zero-order chi connectivity index (χ0) is 10.8. The maximum Gasteiger partial charge on any atom is 0.124 e. The molecule has 0 saturated heterocycles. The van der Waals surface area contributed by atoms with Gasteiger partial charge in [0.2, 0.25) is 0 Å². The van der Waals surface area contributed by atoms with Gasteiger partial charge in [0.15, 0.2) is 0 Å². The van der Waals surface area contributed by atoms with E-state index >= 15 is 0 Å². The van der Waals surface area contributed by atoms with Crippen molar-refractivity contribution in [2.45, 2.75) is 13.3 Å². The van der Waals surface area contributed by atoms with E-state index in [0.717, 1.165) is 33.7 Å². The molecule has 0 aliphatic rings. The number of aryl methyl sites for hydroxylation is 1.